The highest BCUT2D eigenvalue weighted by Crippen LogP contribution is 2.31. The van der Waals surface area contributed by atoms with Gasteiger partial charge in [0.25, 0.3) is 0 Å². The molecule has 104 valence electrons. The van der Waals surface area contributed by atoms with Crippen LogP contribution in [0.5, 0.6) is 0 Å². The summed E-state index contributed by atoms with van der Waals surface area (Å²) >= 11 is 0. The number of fused-ring (bicyclic) bond motifs is 1. The first-order chi connectivity index (χ1) is 9.02. The normalized spacial score (nSPS) is 16.2. The number of benzene rings is 1. The van der Waals surface area contributed by atoms with Crippen LogP contribution in [0.15, 0.2) is 12.1 Å². The van der Waals surface area contributed by atoms with E-state index < -0.39 is 0 Å². The third-order valence-electron chi connectivity index (χ3n) is 3.54. The van der Waals surface area contributed by atoms with Crippen molar-refractivity contribution in [3.63, 3.8) is 0 Å². The Balaban J connectivity index is 2.38. The number of carbonyl (C=O) groups excluding carboxylic acids is 1. The van der Waals surface area contributed by atoms with Crippen molar-refractivity contribution in [3.8, 4) is 0 Å². The minimum Gasteiger partial charge on any atom is -0.326 e. The van der Waals surface area contributed by atoms with Crippen molar-refractivity contribution in [2.45, 2.75) is 39.7 Å². The number of amides is 1. The van der Waals surface area contributed by atoms with Crippen LogP contribution in [0.1, 0.15) is 44.4 Å². The van der Waals surface area contributed by atoms with Gasteiger partial charge >= 0.3 is 0 Å². The maximum Gasteiger partial charge on any atom is 0.224 e. The zero-order valence-corrected chi connectivity index (χ0v) is 11.7. The Morgan fingerprint density at radius 1 is 1.37 bits per heavy atom. The van der Waals surface area contributed by atoms with Crippen LogP contribution in [-0.4, -0.2) is 12.5 Å². The average molecular weight is 264 g/mol. The van der Waals surface area contributed by atoms with Gasteiger partial charge in [0.2, 0.25) is 5.91 Å². The third-order valence-corrected chi connectivity index (χ3v) is 3.54. The van der Waals surface area contributed by atoms with Crippen LogP contribution in [0.3, 0.4) is 0 Å². The molecule has 0 spiro atoms. The molecule has 0 radical (unpaired) electrons. The van der Waals surface area contributed by atoms with Gasteiger partial charge in [-0.3, -0.25) is 4.79 Å². The molecule has 0 aromatic heterocycles. The van der Waals surface area contributed by atoms with Crippen LogP contribution in [0.2, 0.25) is 0 Å². The summed E-state index contributed by atoms with van der Waals surface area (Å²) in [5, 5.41) is 6.06. The Labute approximate surface area is 113 Å². The maximum absolute atomic E-state index is 14.2. The molecule has 0 saturated heterocycles. The molecule has 0 bridgehead atoms. The Morgan fingerprint density at radius 3 is 2.74 bits per heavy atom. The zero-order valence-electron chi connectivity index (χ0n) is 11.7. The lowest BCUT2D eigenvalue weighted by Gasteiger charge is -2.25. The Kier molecular flexibility index (Phi) is 4.20. The second-order valence-corrected chi connectivity index (χ2v) is 5.36. The molecule has 1 heterocycles. The van der Waals surface area contributed by atoms with Crippen LogP contribution in [-0.2, 0) is 11.2 Å². The molecule has 1 unspecified atom stereocenters. The average Bonchev–Trinajstić information content (AvgIpc) is 2.35. The van der Waals surface area contributed by atoms with Gasteiger partial charge in [0, 0.05) is 23.7 Å². The molecule has 0 saturated carbocycles. The lowest BCUT2D eigenvalue weighted by Crippen LogP contribution is -2.27. The summed E-state index contributed by atoms with van der Waals surface area (Å²) in [6, 6.07) is 3.36. The standard InChI is InChI=1S/C15H21FN2O/c1-4-17-15(9(2)3)11-7-10-5-6-14(19)18-13(10)8-12(11)16/h7-9,15,17H,4-6H2,1-3H3,(H,18,19). The molecule has 1 amide bonds. The molecule has 1 aliphatic rings. The van der Waals surface area contributed by atoms with E-state index in [0.717, 1.165) is 12.1 Å². The lowest BCUT2D eigenvalue weighted by atomic mass is 9.91. The molecule has 19 heavy (non-hydrogen) atoms. The highest BCUT2D eigenvalue weighted by atomic mass is 19.1. The molecule has 1 atom stereocenters. The number of hydrogen-bond donors (Lipinski definition) is 2. The molecular formula is C15H21FN2O. The fourth-order valence-electron chi connectivity index (χ4n) is 2.58. The summed E-state index contributed by atoms with van der Waals surface area (Å²) in [6.07, 6.45) is 1.16. The van der Waals surface area contributed by atoms with Gasteiger partial charge in [0.1, 0.15) is 5.82 Å². The first kappa shape index (κ1) is 14.0. The topological polar surface area (TPSA) is 41.1 Å². The predicted octanol–water partition coefficient (Wildman–Crippen LogP) is 3.02. The second kappa shape index (κ2) is 5.70. The van der Waals surface area contributed by atoms with Crippen LogP contribution >= 0.6 is 0 Å². The van der Waals surface area contributed by atoms with Gasteiger partial charge in [0.05, 0.1) is 0 Å². The van der Waals surface area contributed by atoms with Crippen LogP contribution < -0.4 is 10.6 Å². The molecule has 4 heteroatoms. The van der Waals surface area contributed by atoms with Gasteiger partial charge in [-0.1, -0.05) is 20.8 Å². The molecular weight excluding hydrogens is 243 g/mol. The van der Waals surface area contributed by atoms with E-state index >= 15 is 0 Å². The van der Waals surface area contributed by atoms with Gasteiger partial charge in [-0.15, -0.1) is 0 Å². The van der Waals surface area contributed by atoms with Crippen LogP contribution in [0, 0.1) is 11.7 Å². The quantitative estimate of drug-likeness (QED) is 0.877. The number of carbonyl (C=O) groups is 1. The Hall–Kier alpha value is -1.42. The monoisotopic (exact) mass is 264 g/mol. The summed E-state index contributed by atoms with van der Waals surface area (Å²) in [5.74, 6) is 0.0259. The number of halogens is 1. The molecule has 2 N–H and O–H groups in total. The number of anilines is 1. The van der Waals surface area contributed by atoms with Crippen LogP contribution in [0.4, 0.5) is 10.1 Å². The molecule has 1 aliphatic heterocycles. The van der Waals surface area contributed by atoms with E-state index in [2.05, 4.69) is 24.5 Å². The highest BCUT2D eigenvalue weighted by molar-refractivity contribution is 5.93. The van der Waals surface area contributed by atoms with Gasteiger partial charge in [0.15, 0.2) is 0 Å². The number of aryl methyl sites for hydroxylation is 1. The number of rotatable bonds is 4. The van der Waals surface area contributed by atoms with E-state index in [0.29, 0.717) is 30.0 Å². The molecule has 0 fully saturated rings. The van der Waals surface area contributed by atoms with E-state index in [4.69, 9.17) is 0 Å². The smallest absolute Gasteiger partial charge is 0.224 e. The second-order valence-electron chi connectivity index (χ2n) is 5.36. The first-order valence-corrected chi connectivity index (χ1v) is 6.88. The fourth-order valence-corrected chi connectivity index (χ4v) is 2.58. The predicted molar refractivity (Wildman–Crippen MR) is 74.6 cm³/mol. The Morgan fingerprint density at radius 2 is 2.11 bits per heavy atom. The van der Waals surface area contributed by atoms with Crippen molar-refractivity contribution in [2.75, 3.05) is 11.9 Å². The molecule has 3 nitrogen and oxygen atoms in total. The summed E-state index contributed by atoms with van der Waals surface area (Å²) in [7, 11) is 0. The van der Waals surface area contributed by atoms with Crippen molar-refractivity contribution in [1.82, 2.24) is 5.32 Å². The summed E-state index contributed by atoms with van der Waals surface area (Å²) in [4.78, 5) is 11.3. The Bertz CT molecular complexity index is 485. The van der Waals surface area contributed by atoms with E-state index in [-0.39, 0.29) is 17.8 Å². The minimum atomic E-state index is -0.249. The SMILES string of the molecule is CCNC(c1cc2c(cc1F)NC(=O)CC2)C(C)C. The van der Waals surface area contributed by atoms with Crippen molar-refractivity contribution in [1.29, 1.82) is 0 Å². The van der Waals surface area contributed by atoms with Crippen LogP contribution in [0.25, 0.3) is 0 Å². The van der Waals surface area contributed by atoms with E-state index in [1.165, 1.54) is 6.07 Å². The summed E-state index contributed by atoms with van der Waals surface area (Å²) < 4.78 is 14.2. The van der Waals surface area contributed by atoms with Crippen molar-refractivity contribution < 1.29 is 9.18 Å². The maximum atomic E-state index is 14.2. The van der Waals surface area contributed by atoms with Gasteiger partial charge in [-0.25, -0.2) is 4.39 Å². The third kappa shape index (κ3) is 2.95. The van der Waals surface area contributed by atoms with Crippen molar-refractivity contribution in [2.24, 2.45) is 5.92 Å². The minimum absolute atomic E-state index is 0.00734. The summed E-state index contributed by atoms with van der Waals surface area (Å²) in [6.45, 7) is 6.98. The van der Waals surface area contributed by atoms with E-state index in [1.807, 2.05) is 13.0 Å². The zero-order chi connectivity index (χ0) is 14.0. The van der Waals surface area contributed by atoms with Gasteiger partial charge in [-0.05, 0) is 36.6 Å². The number of nitrogens with one attached hydrogen (secondary N) is 2. The van der Waals surface area contributed by atoms with Gasteiger partial charge in [-0.2, -0.15) is 0 Å². The molecule has 2 rings (SSSR count). The van der Waals surface area contributed by atoms with Gasteiger partial charge < -0.3 is 10.6 Å². The summed E-state index contributed by atoms with van der Waals surface area (Å²) in [5.41, 5.74) is 2.35. The fraction of sp³-hybridized carbons (Fsp3) is 0.533. The molecule has 1 aromatic carbocycles. The van der Waals surface area contributed by atoms with Crippen molar-refractivity contribution in [3.05, 3.63) is 29.1 Å². The number of hydrogen-bond acceptors (Lipinski definition) is 2. The van der Waals surface area contributed by atoms with Crippen molar-refractivity contribution >= 4 is 11.6 Å². The molecule has 0 aliphatic carbocycles. The first-order valence-electron chi connectivity index (χ1n) is 6.88. The van der Waals surface area contributed by atoms with E-state index in [9.17, 15) is 9.18 Å². The van der Waals surface area contributed by atoms with E-state index in [1.54, 1.807) is 0 Å². The lowest BCUT2D eigenvalue weighted by molar-refractivity contribution is -0.116. The molecule has 1 aromatic rings. The largest absolute Gasteiger partial charge is 0.326 e. The highest BCUT2D eigenvalue weighted by Gasteiger charge is 2.23.